The number of amides is 2. The van der Waals surface area contributed by atoms with Gasteiger partial charge in [-0.2, -0.15) is 0 Å². The molecule has 1 N–H and O–H groups in total. The fraction of sp³-hybridized carbons (Fsp3) is 0.667. The molecular formula is C24H34N2O4. The average Bonchev–Trinajstić information content (AvgIpc) is 2.69. The first-order chi connectivity index (χ1) is 14.2. The van der Waals surface area contributed by atoms with E-state index in [0.29, 0.717) is 13.1 Å². The fourth-order valence-corrected chi connectivity index (χ4v) is 5.38. The number of rotatable bonds is 3. The fourth-order valence-electron chi connectivity index (χ4n) is 5.38. The lowest BCUT2D eigenvalue weighted by molar-refractivity contribution is -0.189. The van der Waals surface area contributed by atoms with E-state index >= 15 is 0 Å². The minimum Gasteiger partial charge on any atom is -0.487 e. The molecule has 3 heterocycles. The first-order valence-corrected chi connectivity index (χ1v) is 11.2. The Hall–Kier alpha value is -2.08. The van der Waals surface area contributed by atoms with Crippen LogP contribution in [-0.4, -0.2) is 47.6 Å². The highest BCUT2D eigenvalue weighted by atomic mass is 16.5. The lowest BCUT2D eigenvalue weighted by atomic mass is 9.70. The number of carbonyl (C=O) groups is 2. The molecule has 0 aliphatic carbocycles. The van der Waals surface area contributed by atoms with Gasteiger partial charge in [0.05, 0.1) is 12.2 Å². The van der Waals surface area contributed by atoms with Gasteiger partial charge in [0, 0.05) is 37.4 Å². The maximum absolute atomic E-state index is 13.2. The minimum absolute atomic E-state index is 0.0188. The van der Waals surface area contributed by atoms with Gasteiger partial charge in [-0.05, 0) is 38.7 Å². The normalized spacial score (nSPS) is 30.4. The second-order valence-corrected chi connectivity index (χ2v) is 9.94. The molecular weight excluding hydrogens is 380 g/mol. The summed E-state index contributed by atoms with van der Waals surface area (Å²) in [5.41, 5.74) is 0.816. The van der Waals surface area contributed by atoms with Gasteiger partial charge in [0.25, 0.3) is 0 Å². The van der Waals surface area contributed by atoms with Crippen LogP contribution in [0.25, 0.3) is 0 Å². The van der Waals surface area contributed by atoms with Crippen LogP contribution < -0.4 is 10.1 Å². The molecule has 0 saturated carbocycles. The van der Waals surface area contributed by atoms with Gasteiger partial charge in [-0.1, -0.05) is 32.0 Å². The lowest BCUT2D eigenvalue weighted by Crippen LogP contribution is -2.58. The Balaban J connectivity index is 1.51. The minimum atomic E-state index is -0.474. The Morgan fingerprint density at radius 3 is 2.67 bits per heavy atom. The van der Waals surface area contributed by atoms with Gasteiger partial charge in [0.2, 0.25) is 11.8 Å². The molecule has 2 saturated heterocycles. The SMILES string of the molecule is CC(=O)N[C@H](C(=O)N1CC[C@H]2O[C@H]3c4ccccc4OC(C)(C)[C@@H]3C[C@H]2C1)C(C)C. The van der Waals surface area contributed by atoms with Gasteiger partial charge in [-0.15, -0.1) is 0 Å². The molecule has 0 unspecified atom stereocenters. The van der Waals surface area contributed by atoms with Crippen LogP contribution in [0.1, 0.15) is 59.1 Å². The molecule has 0 radical (unpaired) electrons. The van der Waals surface area contributed by atoms with Gasteiger partial charge in [0.15, 0.2) is 0 Å². The van der Waals surface area contributed by atoms with Crippen molar-refractivity contribution in [1.29, 1.82) is 0 Å². The van der Waals surface area contributed by atoms with Crippen molar-refractivity contribution in [2.45, 2.75) is 71.3 Å². The van der Waals surface area contributed by atoms with E-state index in [1.165, 1.54) is 6.92 Å². The van der Waals surface area contributed by atoms with Gasteiger partial charge in [0.1, 0.15) is 17.4 Å². The number of likely N-dealkylation sites (tertiary alicyclic amines) is 1. The number of ether oxygens (including phenoxy) is 2. The molecule has 6 nitrogen and oxygen atoms in total. The van der Waals surface area contributed by atoms with Crippen LogP contribution in [0.4, 0.5) is 0 Å². The smallest absolute Gasteiger partial charge is 0.245 e. The molecule has 3 aliphatic heterocycles. The van der Waals surface area contributed by atoms with Gasteiger partial charge in [-0.3, -0.25) is 9.59 Å². The molecule has 6 heteroatoms. The third kappa shape index (κ3) is 3.82. The summed E-state index contributed by atoms with van der Waals surface area (Å²) in [6.45, 7) is 11.0. The highest BCUT2D eigenvalue weighted by Gasteiger charge is 2.51. The largest absolute Gasteiger partial charge is 0.487 e. The topological polar surface area (TPSA) is 67.9 Å². The molecule has 0 aromatic heterocycles. The second-order valence-electron chi connectivity index (χ2n) is 9.94. The van der Waals surface area contributed by atoms with Crippen molar-refractivity contribution in [1.82, 2.24) is 10.2 Å². The van der Waals surface area contributed by atoms with E-state index in [9.17, 15) is 9.59 Å². The van der Waals surface area contributed by atoms with E-state index in [4.69, 9.17) is 9.47 Å². The summed E-state index contributed by atoms with van der Waals surface area (Å²) in [5, 5.41) is 2.84. The first-order valence-electron chi connectivity index (χ1n) is 11.2. The maximum atomic E-state index is 13.2. The third-order valence-electron chi connectivity index (χ3n) is 7.00. The Bertz CT molecular complexity index is 821. The zero-order valence-corrected chi connectivity index (χ0v) is 18.7. The predicted octanol–water partition coefficient (Wildman–Crippen LogP) is 3.31. The van der Waals surface area contributed by atoms with Crippen molar-refractivity contribution >= 4 is 11.8 Å². The Labute approximate surface area is 179 Å². The van der Waals surface area contributed by atoms with Crippen LogP contribution in [0, 0.1) is 17.8 Å². The molecule has 3 aliphatic rings. The molecule has 1 aromatic rings. The highest BCUT2D eigenvalue weighted by Crippen LogP contribution is 2.52. The molecule has 164 valence electrons. The zero-order valence-electron chi connectivity index (χ0n) is 18.7. The summed E-state index contributed by atoms with van der Waals surface area (Å²) >= 11 is 0. The van der Waals surface area contributed by atoms with Crippen LogP contribution in [0.5, 0.6) is 5.75 Å². The number of carbonyl (C=O) groups excluding carboxylic acids is 2. The highest BCUT2D eigenvalue weighted by molar-refractivity contribution is 5.87. The Morgan fingerprint density at radius 2 is 1.97 bits per heavy atom. The molecule has 5 atom stereocenters. The van der Waals surface area contributed by atoms with Crippen LogP contribution in [0.2, 0.25) is 0 Å². The van der Waals surface area contributed by atoms with E-state index in [2.05, 4.69) is 25.2 Å². The monoisotopic (exact) mass is 414 g/mol. The van der Waals surface area contributed by atoms with Crippen LogP contribution >= 0.6 is 0 Å². The number of nitrogens with one attached hydrogen (secondary N) is 1. The molecule has 30 heavy (non-hydrogen) atoms. The van der Waals surface area contributed by atoms with Crippen LogP contribution in [0.3, 0.4) is 0 Å². The third-order valence-corrected chi connectivity index (χ3v) is 7.00. The van der Waals surface area contributed by atoms with Crippen molar-refractivity contribution in [3.8, 4) is 5.75 Å². The Morgan fingerprint density at radius 1 is 1.23 bits per heavy atom. The van der Waals surface area contributed by atoms with E-state index in [1.807, 2.05) is 36.9 Å². The average molecular weight is 415 g/mol. The van der Waals surface area contributed by atoms with Gasteiger partial charge in [-0.25, -0.2) is 0 Å². The van der Waals surface area contributed by atoms with Crippen molar-refractivity contribution in [2.75, 3.05) is 13.1 Å². The number of hydrogen-bond donors (Lipinski definition) is 1. The summed E-state index contributed by atoms with van der Waals surface area (Å²) in [6, 6.07) is 7.71. The summed E-state index contributed by atoms with van der Waals surface area (Å²) in [4.78, 5) is 26.7. The zero-order chi connectivity index (χ0) is 21.6. The number of para-hydroxylation sites is 1. The van der Waals surface area contributed by atoms with Crippen molar-refractivity contribution in [2.24, 2.45) is 17.8 Å². The second kappa shape index (κ2) is 7.88. The van der Waals surface area contributed by atoms with E-state index < -0.39 is 6.04 Å². The number of piperidine rings is 1. The van der Waals surface area contributed by atoms with Crippen LogP contribution in [0.15, 0.2) is 24.3 Å². The standard InChI is InChI=1S/C24H34N2O4/c1-14(2)21(25-15(3)27)23(28)26-11-10-19-16(13-26)12-18-22(29-19)17-8-6-7-9-20(17)30-24(18,4)5/h6-9,14,16,18-19,21-22H,10-13H2,1-5H3,(H,25,27)/t16-,18+,19+,21-,22-/m0/s1. The summed E-state index contributed by atoms with van der Waals surface area (Å²) in [7, 11) is 0. The molecule has 2 amide bonds. The quantitative estimate of drug-likeness (QED) is 0.824. The summed E-state index contributed by atoms with van der Waals surface area (Å²) in [5.74, 6) is 1.34. The summed E-state index contributed by atoms with van der Waals surface area (Å²) in [6.07, 6.45) is 1.98. The molecule has 1 aromatic carbocycles. The van der Waals surface area contributed by atoms with Crippen molar-refractivity contribution < 1.29 is 19.1 Å². The van der Waals surface area contributed by atoms with Crippen LogP contribution in [-0.2, 0) is 14.3 Å². The first kappa shape index (κ1) is 21.2. The number of fused-ring (bicyclic) bond motifs is 4. The van der Waals surface area contributed by atoms with Crippen molar-refractivity contribution in [3.63, 3.8) is 0 Å². The van der Waals surface area contributed by atoms with E-state index in [0.717, 1.165) is 24.2 Å². The van der Waals surface area contributed by atoms with E-state index in [1.54, 1.807) is 0 Å². The molecule has 4 rings (SSSR count). The molecule has 2 fully saturated rings. The number of nitrogens with zero attached hydrogens (tertiary/aromatic N) is 1. The summed E-state index contributed by atoms with van der Waals surface area (Å²) < 4.78 is 13.0. The lowest BCUT2D eigenvalue weighted by Gasteiger charge is -2.53. The van der Waals surface area contributed by atoms with Gasteiger partial charge >= 0.3 is 0 Å². The molecule has 0 bridgehead atoms. The maximum Gasteiger partial charge on any atom is 0.245 e. The van der Waals surface area contributed by atoms with Gasteiger partial charge < -0.3 is 19.7 Å². The number of benzene rings is 1. The predicted molar refractivity (Wildman–Crippen MR) is 114 cm³/mol. The number of hydrogen-bond acceptors (Lipinski definition) is 4. The van der Waals surface area contributed by atoms with Crippen molar-refractivity contribution in [3.05, 3.63) is 29.8 Å². The Kier molecular flexibility index (Phi) is 5.56. The molecule has 0 spiro atoms. The van der Waals surface area contributed by atoms with E-state index in [-0.39, 0.29) is 47.4 Å².